The van der Waals surface area contributed by atoms with Crippen molar-refractivity contribution < 1.29 is 14.0 Å². The lowest BCUT2D eigenvalue weighted by Crippen LogP contribution is -2.40. The van der Waals surface area contributed by atoms with Crippen LogP contribution in [0.4, 0.5) is 9.18 Å². The Kier molecular flexibility index (Phi) is 4.88. The first kappa shape index (κ1) is 18.6. The maximum atomic E-state index is 14.1. The van der Waals surface area contributed by atoms with Gasteiger partial charge in [0.2, 0.25) is 0 Å². The van der Waals surface area contributed by atoms with E-state index in [1.165, 1.54) is 6.07 Å². The third-order valence-corrected chi connectivity index (χ3v) is 5.27. The van der Waals surface area contributed by atoms with E-state index in [-0.39, 0.29) is 18.0 Å². The molecular formula is C20H20BrFN2O2. The van der Waals surface area contributed by atoms with Gasteiger partial charge in [-0.15, -0.1) is 0 Å². The quantitative estimate of drug-likeness (QED) is 0.732. The molecule has 26 heavy (non-hydrogen) atoms. The molecule has 1 aliphatic rings. The van der Waals surface area contributed by atoms with Gasteiger partial charge >= 0.3 is 6.03 Å². The van der Waals surface area contributed by atoms with Crippen molar-refractivity contribution in [2.75, 3.05) is 0 Å². The fraction of sp³-hybridized carbons (Fsp3) is 0.300. The van der Waals surface area contributed by atoms with E-state index < -0.39 is 17.4 Å². The number of hydrogen-bond acceptors (Lipinski definition) is 2. The van der Waals surface area contributed by atoms with Crippen LogP contribution >= 0.6 is 15.9 Å². The lowest BCUT2D eigenvalue weighted by atomic mass is 9.90. The largest absolute Gasteiger partial charge is 0.325 e. The second-order valence-electron chi connectivity index (χ2n) is 6.96. The minimum atomic E-state index is -1.15. The predicted molar refractivity (Wildman–Crippen MR) is 101 cm³/mol. The van der Waals surface area contributed by atoms with Gasteiger partial charge in [-0.2, -0.15) is 0 Å². The molecule has 2 aromatic rings. The maximum absolute atomic E-state index is 14.1. The summed E-state index contributed by atoms with van der Waals surface area (Å²) in [4.78, 5) is 26.4. The lowest BCUT2D eigenvalue weighted by Gasteiger charge is -2.23. The summed E-state index contributed by atoms with van der Waals surface area (Å²) in [6.07, 6.45) is 0. The molecule has 4 nitrogen and oxygen atoms in total. The number of urea groups is 1. The molecule has 6 heteroatoms. The predicted octanol–water partition coefficient (Wildman–Crippen LogP) is 4.68. The fourth-order valence-corrected chi connectivity index (χ4v) is 3.39. The smallest absolute Gasteiger partial charge is 0.319 e. The average Bonchev–Trinajstić information content (AvgIpc) is 2.81. The van der Waals surface area contributed by atoms with Crippen molar-refractivity contribution in [3.05, 3.63) is 69.4 Å². The highest BCUT2D eigenvalue weighted by Gasteiger charge is 2.49. The summed E-state index contributed by atoms with van der Waals surface area (Å²) < 4.78 is 14.7. The van der Waals surface area contributed by atoms with Crippen molar-refractivity contribution in [2.45, 2.75) is 38.8 Å². The van der Waals surface area contributed by atoms with Gasteiger partial charge in [-0.05, 0) is 36.1 Å². The number of hydrogen-bond donors (Lipinski definition) is 1. The number of benzene rings is 2. The first-order chi connectivity index (χ1) is 12.2. The fourth-order valence-electron chi connectivity index (χ4n) is 3.06. The number of nitrogens with zero attached hydrogens (tertiary/aromatic N) is 1. The van der Waals surface area contributed by atoms with Crippen LogP contribution in [0.25, 0.3) is 0 Å². The maximum Gasteiger partial charge on any atom is 0.325 e. The molecule has 2 aromatic carbocycles. The van der Waals surface area contributed by atoms with Gasteiger partial charge in [-0.3, -0.25) is 9.69 Å². The van der Waals surface area contributed by atoms with Crippen molar-refractivity contribution in [2.24, 2.45) is 0 Å². The van der Waals surface area contributed by atoms with Gasteiger partial charge in [0.05, 0.1) is 6.54 Å². The van der Waals surface area contributed by atoms with Crippen molar-refractivity contribution >= 4 is 27.9 Å². The highest BCUT2D eigenvalue weighted by atomic mass is 79.9. The Morgan fingerprint density at radius 3 is 2.38 bits per heavy atom. The number of imide groups is 1. The zero-order valence-electron chi connectivity index (χ0n) is 14.8. The number of carbonyl (C=O) groups excluding carboxylic acids is 2. The number of amides is 3. The third kappa shape index (κ3) is 3.26. The van der Waals surface area contributed by atoms with Crippen LogP contribution in [0.5, 0.6) is 0 Å². The molecule has 0 radical (unpaired) electrons. The lowest BCUT2D eigenvalue weighted by molar-refractivity contribution is -0.131. The van der Waals surface area contributed by atoms with E-state index in [0.717, 1.165) is 10.5 Å². The SMILES string of the molecule is CC(C)c1ccc([C@@]2(C)NC(=O)N(Cc3ccc(Br)cc3F)C2=O)cc1. The molecule has 0 saturated carbocycles. The average molecular weight is 419 g/mol. The molecule has 136 valence electrons. The van der Waals surface area contributed by atoms with Crippen LogP contribution < -0.4 is 5.32 Å². The van der Waals surface area contributed by atoms with E-state index in [2.05, 4.69) is 35.1 Å². The van der Waals surface area contributed by atoms with E-state index in [1.54, 1.807) is 19.1 Å². The van der Waals surface area contributed by atoms with E-state index in [0.29, 0.717) is 16.0 Å². The van der Waals surface area contributed by atoms with Crippen molar-refractivity contribution in [1.82, 2.24) is 10.2 Å². The molecule has 0 aliphatic carbocycles. The minimum absolute atomic E-state index is 0.108. The zero-order valence-corrected chi connectivity index (χ0v) is 16.4. The summed E-state index contributed by atoms with van der Waals surface area (Å²) in [6, 6.07) is 11.7. The highest BCUT2D eigenvalue weighted by molar-refractivity contribution is 9.10. The van der Waals surface area contributed by atoms with Gasteiger partial charge in [0.1, 0.15) is 11.4 Å². The summed E-state index contributed by atoms with van der Waals surface area (Å²) >= 11 is 3.20. The zero-order chi connectivity index (χ0) is 19.1. The number of carbonyl (C=O) groups is 2. The molecule has 0 bridgehead atoms. The summed E-state index contributed by atoms with van der Waals surface area (Å²) in [5.41, 5.74) is 0.997. The van der Waals surface area contributed by atoms with Crippen LogP contribution in [0.3, 0.4) is 0 Å². The normalized spacial score (nSPS) is 20.0. The molecule has 0 unspecified atom stereocenters. The van der Waals surface area contributed by atoms with Gasteiger partial charge in [-0.1, -0.05) is 60.1 Å². The Bertz CT molecular complexity index is 867. The van der Waals surface area contributed by atoms with E-state index >= 15 is 0 Å². The Labute approximate surface area is 160 Å². The van der Waals surface area contributed by atoms with Crippen molar-refractivity contribution in [3.63, 3.8) is 0 Å². The van der Waals surface area contributed by atoms with E-state index in [4.69, 9.17) is 0 Å². The molecule has 1 saturated heterocycles. The summed E-state index contributed by atoms with van der Waals surface area (Å²) in [7, 11) is 0. The molecule has 1 N–H and O–H groups in total. The van der Waals surface area contributed by atoms with Crippen LogP contribution in [-0.2, 0) is 16.9 Å². The van der Waals surface area contributed by atoms with Gasteiger partial charge in [0.25, 0.3) is 5.91 Å². The first-order valence-corrected chi connectivity index (χ1v) is 9.20. The number of rotatable bonds is 4. The second-order valence-corrected chi connectivity index (χ2v) is 7.87. The van der Waals surface area contributed by atoms with Gasteiger partial charge in [-0.25, -0.2) is 9.18 Å². The minimum Gasteiger partial charge on any atom is -0.319 e. The van der Waals surface area contributed by atoms with Crippen LogP contribution in [0.1, 0.15) is 43.4 Å². The van der Waals surface area contributed by atoms with Crippen LogP contribution in [0.2, 0.25) is 0 Å². The molecule has 1 heterocycles. The monoisotopic (exact) mass is 418 g/mol. The molecule has 0 spiro atoms. The Morgan fingerprint density at radius 1 is 1.15 bits per heavy atom. The van der Waals surface area contributed by atoms with Crippen molar-refractivity contribution in [3.8, 4) is 0 Å². The third-order valence-electron chi connectivity index (χ3n) is 4.77. The summed E-state index contributed by atoms with van der Waals surface area (Å²) in [5.74, 6) is -0.473. The Balaban J connectivity index is 1.87. The van der Waals surface area contributed by atoms with Crippen LogP contribution in [-0.4, -0.2) is 16.8 Å². The first-order valence-electron chi connectivity index (χ1n) is 8.41. The number of nitrogens with one attached hydrogen (secondary N) is 1. The Hall–Kier alpha value is -2.21. The molecule has 3 amide bonds. The molecule has 1 fully saturated rings. The number of halogens is 2. The van der Waals surface area contributed by atoms with Gasteiger partial charge < -0.3 is 5.32 Å². The summed E-state index contributed by atoms with van der Waals surface area (Å²) in [5, 5.41) is 2.75. The van der Waals surface area contributed by atoms with Crippen LogP contribution in [0.15, 0.2) is 46.9 Å². The Morgan fingerprint density at radius 2 is 1.81 bits per heavy atom. The molecular weight excluding hydrogens is 399 g/mol. The molecule has 0 aromatic heterocycles. The second kappa shape index (κ2) is 6.83. The van der Waals surface area contributed by atoms with E-state index in [1.807, 2.05) is 24.3 Å². The molecule has 1 atom stereocenters. The van der Waals surface area contributed by atoms with Gasteiger partial charge in [0, 0.05) is 10.0 Å². The highest BCUT2D eigenvalue weighted by Crippen LogP contribution is 2.31. The molecule has 1 aliphatic heterocycles. The standard InChI is InChI=1S/C20H20BrFN2O2/c1-12(2)13-4-7-15(8-5-13)20(3)18(25)24(19(26)23-20)11-14-6-9-16(21)10-17(14)22/h4-10,12H,11H2,1-3H3,(H,23,26)/t20-/m1/s1. The molecule has 3 rings (SSSR count). The topological polar surface area (TPSA) is 49.4 Å². The van der Waals surface area contributed by atoms with Crippen molar-refractivity contribution in [1.29, 1.82) is 0 Å². The van der Waals surface area contributed by atoms with Crippen LogP contribution in [0, 0.1) is 5.82 Å². The summed E-state index contributed by atoms with van der Waals surface area (Å²) in [6.45, 7) is 5.75. The van der Waals surface area contributed by atoms with Gasteiger partial charge in [0.15, 0.2) is 0 Å². The van der Waals surface area contributed by atoms with E-state index in [9.17, 15) is 14.0 Å².